The van der Waals surface area contributed by atoms with Gasteiger partial charge in [0.1, 0.15) is 4.88 Å². The molecular weight excluding hydrogens is 267 g/mol. The highest BCUT2D eigenvalue weighted by molar-refractivity contribution is 7.12. The summed E-state index contributed by atoms with van der Waals surface area (Å²) in [4.78, 5) is 12.4. The lowest BCUT2D eigenvalue weighted by Gasteiger charge is -2.23. The van der Waals surface area contributed by atoms with Gasteiger partial charge in [-0.05, 0) is 30.8 Å². The summed E-state index contributed by atoms with van der Waals surface area (Å²) in [6, 6.07) is 1.99. The highest BCUT2D eigenvalue weighted by atomic mass is 35.5. The van der Waals surface area contributed by atoms with E-state index < -0.39 is 0 Å². The average molecular weight is 281 g/mol. The van der Waals surface area contributed by atoms with Crippen molar-refractivity contribution in [2.75, 3.05) is 13.1 Å². The van der Waals surface area contributed by atoms with Crippen LogP contribution < -0.4 is 10.6 Å². The van der Waals surface area contributed by atoms with Gasteiger partial charge in [-0.3, -0.25) is 4.79 Å². The first-order chi connectivity index (χ1) is 7.27. The van der Waals surface area contributed by atoms with Gasteiger partial charge in [-0.25, -0.2) is 0 Å². The van der Waals surface area contributed by atoms with Gasteiger partial charge in [-0.2, -0.15) is 0 Å². The quantitative estimate of drug-likeness (QED) is 0.873. The van der Waals surface area contributed by atoms with Crippen LogP contribution in [0.15, 0.2) is 11.4 Å². The summed E-state index contributed by atoms with van der Waals surface area (Å²) in [6.07, 6.45) is 2.16. The standard InChI is InChI=1S/C10H13ClN2OS.ClH/c11-8-3-5-15-9(8)10(14)13-7-2-1-4-12-6-7;/h3,5,7,12H,1-2,4,6H2,(H,13,14);1H. The van der Waals surface area contributed by atoms with Gasteiger partial charge in [0, 0.05) is 12.6 Å². The normalized spacial score (nSPS) is 19.9. The predicted octanol–water partition coefficient (Wildman–Crippen LogP) is 2.31. The van der Waals surface area contributed by atoms with Crippen LogP contribution in [0.1, 0.15) is 22.5 Å². The number of carbonyl (C=O) groups is 1. The lowest BCUT2D eigenvalue weighted by Crippen LogP contribution is -2.45. The van der Waals surface area contributed by atoms with Crippen LogP contribution in [0.4, 0.5) is 0 Å². The van der Waals surface area contributed by atoms with Crippen LogP contribution in [0.2, 0.25) is 5.02 Å². The van der Waals surface area contributed by atoms with Crippen molar-refractivity contribution in [3.8, 4) is 0 Å². The summed E-state index contributed by atoms with van der Waals surface area (Å²) in [7, 11) is 0. The Bertz CT molecular complexity index is 350. The SMILES string of the molecule is Cl.O=C(NC1CCCNC1)c1sccc1Cl. The predicted molar refractivity (Wildman–Crippen MR) is 69.9 cm³/mol. The van der Waals surface area contributed by atoms with Gasteiger partial charge in [-0.15, -0.1) is 23.7 Å². The molecule has 1 aromatic rings. The van der Waals surface area contributed by atoms with E-state index in [9.17, 15) is 4.79 Å². The number of piperidine rings is 1. The Morgan fingerprint density at radius 3 is 3.00 bits per heavy atom. The molecule has 1 fully saturated rings. The lowest BCUT2D eigenvalue weighted by molar-refractivity contribution is 0.0935. The van der Waals surface area contributed by atoms with Crippen molar-refractivity contribution < 1.29 is 4.79 Å². The van der Waals surface area contributed by atoms with E-state index in [0.29, 0.717) is 9.90 Å². The summed E-state index contributed by atoms with van der Waals surface area (Å²) in [5.74, 6) is -0.0521. The van der Waals surface area contributed by atoms with Crippen molar-refractivity contribution in [1.29, 1.82) is 0 Å². The molecule has 0 aromatic carbocycles. The maximum atomic E-state index is 11.8. The first-order valence-electron chi connectivity index (χ1n) is 5.02. The maximum Gasteiger partial charge on any atom is 0.263 e. The van der Waals surface area contributed by atoms with Gasteiger partial charge < -0.3 is 10.6 Å². The number of hydrogen-bond donors (Lipinski definition) is 2. The van der Waals surface area contributed by atoms with E-state index >= 15 is 0 Å². The summed E-state index contributed by atoms with van der Waals surface area (Å²) in [6.45, 7) is 1.90. The minimum atomic E-state index is -0.0521. The topological polar surface area (TPSA) is 41.1 Å². The van der Waals surface area contributed by atoms with Gasteiger partial charge in [0.15, 0.2) is 0 Å². The van der Waals surface area contributed by atoms with Gasteiger partial charge in [0.25, 0.3) is 5.91 Å². The molecule has 2 N–H and O–H groups in total. The van der Waals surface area contributed by atoms with Crippen LogP contribution in [0.3, 0.4) is 0 Å². The van der Waals surface area contributed by atoms with Crippen molar-refractivity contribution in [3.63, 3.8) is 0 Å². The van der Waals surface area contributed by atoms with Crippen molar-refractivity contribution in [3.05, 3.63) is 21.3 Å². The Labute approximate surface area is 110 Å². The van der Waals surface area contributed by atoms with E-state index in [1.807, 2.05) is 5.38 Å². The average Bonchev–Trinajstić information content (AvgIpc) is 2.66. The van der Waals surface area contributed by atoms with Crippen LogP contribution >= 0.6 is 35.3 Å². The number of hydrogen-bond acceptors (Lipinski definition) is 3. The highest BCUT2D eigenvalue weighted by Gasteiger charge is 2.18. The molecule has 16 heavy (non-hydrogen) atoms. The molecular formula is C10H14Cl2N2OS. The van der Waals surface area contributed by atoms with Gasteiger partial charge in [-0.1, -0.05) is 11.6 Å². The fourth-order valence-electron chi connectivity index (χ4n) is 1.68. The molecule has 0 saturated carbocycles. The van der Waals surface area contributed by atoms with Crippen LogP contribution in [0, 0.1) is 0 Å². The Morgan fingerprint density at radius 1 is 1.62 bits per heavy atom. The Kier molecular flexibility index (Phi) is 5.55. The second-order valence-corrected chi connectivity index (χ2v) is 4.94. The zero-order valence-corrected chi connectivity index (χ0v) is 11.1. The maximum absolute atomic E-state index is 11.8. The van der Waals surface area contributed by atoms with Crippen molar-refractivity contribution in [2.24, 2.45) is 0 Å². The minimum absolute atomic E-state index is 0. The largest absolute Gasteiger partial charge is 0.347 e. The number of thiophene rings is 1. The summed E-state index contributed by atoms with van der Waals surface area (Å²) >= 11 is 7.27. The first kappa shape index (κ1) is 13.8. The molecule has 0 bridgehead atoms. The molecule has 2 heterocycles. The Morgan fingerprint density at radius 2 is 2.44 bits per heavy atom. The number of halogens is 2. The van der Waals surface area contributed by atoms with Crippen LogP contribution in [-0.2, 0) is 0 Å². The third-order valence-corrected chi connectivity index (χ3v) is 3.80. The minimum Gasteiger partial charge on any atom is -0.347 e. The van der Waals surface area contributed by atoms with Crippen LogP contribution in [0.5, 0.6) is 0 Å². The molecule has 0 aliphatic carbocycles. The molecule has 1 aliphatic rings. The zero-order chi connectivity index (χ0) is 10.7. The molecule has 3 nitrogen and oxygen atoms in total. The number of carbonyl (C=O) groups excluding carboxylic acids is 1. The van der Waals surface area contributed by atoms with Crippen molar-refractivity contribution in [1.82, 2.24) is 10.6 Å². The third kappa shape index (κ3) is 3.35. The molecule has 0 spiro atoms. The molecule has 1 amide bonds. The van der Waals surface area contributed by atoms with Gasteiger partial charge in [0.2, 0.25) is 0 Å². The first-order valence-corrected chi connectivity index (χ1v) is 6.27. The summed E-state index contributed by atoms with van der Waals surface area (Å²) < 4.78 is 0. The molecule has 1 saturated heterocycles. The van der Waals surface area contributed by atoms with E-state index in [-0.39, 0.29) is 24.4 Å². The summed E-state index contributed by atoms with van der Waals surface area (Å²) in [5.41, 5.74) is 0. The lowest BCUT2D eigenvalue weighted by atomic mass is 10.1. The van der Waals surface area contributed by atoms with Gasteiger partial charge in [0.05, 0.1) is 5.02 Å². The van der Waals surface area contributed by atoms with Crippen LogP contribution in [-0.4, -0.2) is 25.0 Å². The Hall–Kier alpha value is -0.290. The summed E-state index contributed by atoms with van der Waals surface area (Å²) in [5, 5.41) is 8.61. The zero-order valence-electron chi connectivity index (χ0n) is 8.66. The highest BCUT2D eigenvalue weighted by Crippen LogP contribution is 2.21. The molecule has 1 unspecified atom stereocenters. The number of nitrogens with one attached hydrogen (secondary N) is 2. The van der Waals surface area contributed by atoms with E-state index in [1.165, 1.54) is 11.3 Å². The molecule has 90 valence electrons. The molecule has 1 atom stereocenters. The van der Waals surface area contributed by atoms with Crippen LogP contribution in [0.25, 0.3) is 0 Å². The fraction of sp³-hybridized carbons (Fsp3) is 0.500. The van der Waals surface area contributed by atoms with Crippen molar-refractivity contribution >= 4 is 41.3 Å². The molecule has 1 aliphatic heterocycles. The number of rotatable bonds is 2. The molecule has 6 heteroatoms. The van der Waals surface area contributed by atoms with Crippen molar-refractivity contribution in [2.45, 2.75) is 18.9 Å². The molecule has 1 aromatic heterocycles. The molecule has 2 rings (SSSR count). The molecule has 0 radical (unpaired) electrons. The third-order valence-electron chi connectivity index (χ3n) is 2.46. The Balaban J connectivity index is 0.00000128. The number of amides is 1. The second-order valence-electron chi connectivity index (χ2n) is 3.61. The van der Waals surface area contributed by atoms with E-state index in [4.69, 9.17) is 11.6 Å². The second kappa shape index (κ2) is 6.45. The van der Waals surface area contributed by atoms with E-state index in [1.54, 1.807) is 6.07 Å². The van der Waals surface area contributed by atoms with E-state index in [2.05, 4.69) is 10.6 Å². The monoisotopic (exact) mass is 280 g/mol. The van der Waals surface area contributed by atoms with Gasteiger partial charge >= 0.3 is 0 Å². The fourth-order valence-corrected chi connectivity index (χ4v) is 2.73. The smallest absolute Gasteiger partial charge is 0.263 e. The van der Waals surface area contributed by atoms with E-state index in [0.717, 1.165) is 25.9 Å².